The van der Waals surface area contributed by atoms with E-state index in [4.69, 9.17) is 17.3 Å². The van der Waals surface area contributed by atoms with E-state index >= 15 is 0 Å². The number of aromatic amines is 1. The molecule has 0 radical (unpaired) electrons. The van der Waals surface area contributed by atoms with Crippen LogP contribution in [0.25, 0.3) is 0 Å². The van der Waals surface area contributed by atoms with Gasteiger partial charge in [-0.15, -0.1) is 0 Å². The van der Waals surface area contributed by atoms with Gasteiger partial charge in [-0.1, -0.05) is 17.7 Å². The number of hydrogen-bond donors (Lipinski definition) is 3. The van der Waals surface area contributed by atoms with Crippen LogP contribution in [0.1, 0.15) is 16.1 Å². The highest BCUT2D eigenvalue weighted by Gasteiger charge is 2.13. The minimum absolute atomic E-state index is 0.00456. The van der Waals surface area contributed by atoms with Crippen molar-refractivity contribution in [3.05, 3.63) is 57.0 Å². The van der Waals surface area contributed by atoms with E-state index in [9.17, 15) is 9.59 Å². The van der Waals surface area contributed by atoms with Crippen LogP contribution in [-0.2, 0) is 0 Å². The second-order valence-corrected chi connectivity index (χ2v) is 4.46. The summed E-state index contributed by atoms with van der Waals surface area (Å²) >= 11 is 5.95. The second-order valence-electron chi connectivity index (χ2n) is 4.05. The number of rotatable bonds is 2. The molecule has 1 heterocycles. The quantitative estimate of drug-likeness (QED) is 0.735. The second kappa shape index (κ2) is 5.16. The van der Waals surface area contributed by atoms with Gasteiger partial charge in [0.25, 0.3) is 5.91 Å². The maximum atomic E-state index is 12.0. The maximum absolute atomic E-state index is 12.0. The molecule has 0 aliphatic heterocycles. The van der Waals surface area contributed by atoms with E-state index in [-0.39, 0.29) is 11.0 Å². The lowest BCUT2D eigenvalue weighted by molar-refractivity contribution is 0.102. The van der Waals surface area contributed by atoms with Crippen molar-refractivity contribution in [1.29, 1.82) is 0 Å². The highest BCUT2D eigenvalue weighted by atomic mass is 35.5. The summed E-state index contributed by atoms with van der Waals surface area (Å²) in [4.78, 5) is 26.5. The van der Waals surface area contributed by atoms with E-state index in [2.05, 4.69) is 10.3 Å². The number of pyridine rings is 1. The summed E-state index contributed by atoms with van der Waals surface area (Å²) in [5.74, 6) is -0.555. The maximum Gasteiger partial charge on any atom is 0.261 e. The lowest BCUT2D eigenvalue weighted by Crippen LogP contribution is -2.22. The lowest BCUT2D eigenvalue weighted by atomic mass is 10.2. The van der Waals surface area contributed by atoms with Gasteiger partial charge in [-0.05, 0) is 19.1 Å². The molecule has 98 valence electrons. The number of para-hydroxylation sites is 1. The molecule has 0 aliphatic rings. The predicted octanol–water partition coefficient (Wildman–Crippen LogP) is 2.17. The highest BCUT2D eigenvalue weighted by molar-refractivity contribution is 6.34. The summed E-state index contributed by atoms with van der Waals surface area (Å²) in [6.45, 7) is 1.73. The van der Waals surface area contributed by atoms with Crippen LogP contribution in [0.3, 0.4) is 0 Å². The molecule has 0 fully saturated rings. The molecule has 1 aromatic carbocycles. The van der Waals surface area contributed by atoms with E-state index in [1.807, 2.05) is 0 Å². The Morgan fingerprint density at radius 2 is 2.16 bits per heavy atom. The molecule has 5 nitrogen and oxygen atoms in total. The van der Waals surface area contributed by atoms with Crippen LogP contribution in [0.15, 0.2) is 35.3 Å². The van der Waals surface area contributed by atoms with E-state index in [0.717, 1.165) is 0 Å². The third kappa shape index (κ3) is 2.77. The van der Waals surface area contributed by atoms with Crippen molar-refractivity contribution in [3.8, 4) is 0 Å². The van der Waals surface area contributed by atoms with Gasteiger partial charge in [0.15, 0.2) is 5.43 Å². The van der Waals surface area contributed by atoms with Gasteiger partial charge in [0, 0.05) is 18.0 Å². The summed E-state index contributed by atoms with van der Waals surface area (Å²) in [5.41, 5.74) is 6.68. The van der Waals surface area contributed by atoms with Crippen LogP contribution in [0, 0.1) is 6.92 Å². The largest absolute Gasteiger partial charge is 0.397 e. The van der Waals surface area contributed by atoms with Gasteiger partial charge in [-0.3, -0.25) is 9.59 Å². The third-order valence-corrected chi connectivity index (χ3v) is 2.90. The number of benzene rings is 1. The van der Waals surface area contributed by atoms with E-state index in [0.29, 0.717) is 22.1 Å². The molecule has 2 aromatic rings. The number of H-pyrrole nitrogens is 1. The highest BCUT2D eigenvalue weighted by Crippen LogP contribution is 2.27. The standard InChI is InChI=1S/C13H12ClN3O2/c1-7-5-11(18)8(6-16-7)13(19)17-12-9(14)3-2-4-10(12)15/h2-6H,15H2,1H3,(H,16,18)(H,17,19). The Balaban J connectivity index is 2.34. The molecular formula is C13H12ClN3O2. The Labute approximate surface area is 114 Å². The Morgan fingerprint density at radius 3 is 2.79 bits per heavy atom. The van der Waals surface area contributed by atoms with Crippen molar-refractivity contribution in [1.82, 2.24) is 4.98 Å². The van der Waals surface area contributed by atoms with Gasteiger partial charge in [-0.2, -0.15) is 0 Å². The average molecular weight is 278 g/mol. The molecule has 19 heavy (non-hydrogen) atoms. The predicted molar refractivity (Wildman–Crippen MR) is 75.6 cm³/mol. The Bertz CT molecular complexity index is 674. The fourth-order valence-electron chi connectivity index (χ4n) is 1.60. The van der Waals surface area contributed by atoms with Gasteiger partial charge in [0.2, 0.25) is 0 Å². The molecule has 1 aromatic heterocycles. The third-order valence-electron chi connectivity index (χ3n) is 2.59. The zero-order valence-corrected chi connectivity index (χ0v) is 10.9. The van der Waals surface area contributed by atoms with Gasteiger partial charge in [0.1, 0.15) is 5.56 Å². The number of aryl methyl sites for hydroxylation is 1. The summed E-state index contributed by atoms with van der Waals surface area (Å²) in [6.07, 6.45) is 1.36. The molecule has 2 rings (SSSR count). The monoisotopic (exact) mass is 277 g/mol. The molecule has 0 saturated carbocycles. The molecule has 0 bridgehead atoms. The number of nitrogens with one attached hydrogen (secondary N) is 2. The Kier molecular flexibility index (Phi) is 3.57. The van der Waals surface area contributed by atoms with Crippen LogP contribution < -0.4 is 16.5 Å². The van der Waals surface area contributed by atoms with E-state index < -0.39 is 5.91 Å². The van der Waals surface area contributed by atoms with Crippen LogP contribution in [0.5, 0.6) is 0 Å². The first-order chi connectivity index (χ1) is 8.99. The summed E-state index contributed by atoms with van der Waals surface area (Å²) < 4.78 is 0. The van der Waals surface area contributed by atoms with Crippen LogP contribution in [-0.4, -0.2) is 10.9 Å². The first kappa shape index (κ1) is 13.2. The van der Waals surface area contributed by atoms with Crippen molar-refractivity contribution in [3.63, 3.8) is 0 Å². The fraction of sp³-hybridized carbons (Fsp3) is 0.0769. The van der Waals surface area contributed by atoms with Gasteiger partial charge >= 0.3 is 0 Å². The van der Waals surface area contributed by atoms with Gasteiger partial charge in [-0.25, -0.2) is 0 Å². The van der Waals surface area contributed by atoms with Gasteiger partial charge < -0.3 is 16.0 Å². The van der Waals surface area contributed by atoms with Crippen LogP contribution in [0.2, 0.25) is 5.02 Å². The molecule has 6 heteroatoms. The molecule has 0 aliphatic carbocycles. The zero-order chi connectivity index (χ0) is 14.0. The average Bonchev–Trinajstić information content (AvgIpc) is 2.33. The smallest absolute Gasteiger partial charge is 0.261 e. The number of anilines is 2. The molecule has 1 amide bonds. The van der Waals surface area contributed by atoms with Crippen molar-refractivity contribution in [2.75, 3.05) is 11.1 Å². The topological polar surface area (TPSA) is 88.0 Å². The van der Waals surface area contributed by atoms with Crippen molar-refractivity contribution in [2.24, 2.45) is 0 Å². The van der Waals surface area contributed by atoms with Crippen molar-refractivity contribution >= 4 is 28.9 Å². The SMILES string of the molecule is Cc1cc(=O)c(C(=O)Nc2c(N)cccc2Cl)c[nH]1. The summed E-state index contributed by atoms with van der Waals surface area (Å²) in [6, 6.07) is 6.24. The number of amides is 1. The summed E-state index contributed by atoms with van der Waals surface area (Å²) in [7, 11) is 0. The lowest BCUT2D eigenvalue weighted by Gasteiger charge is -2.09. The molecule has 0 spiro atoms. The number of halogens is 1. The van der Waals surface area contributed by atoms with Crippen LogP contribution >= 0.6 is 11.6 Å². The normalized spacial score (nSPS) is 10.2. The molecule has 0 saturated heterocycles. The van der Waals surface area contributed by atoms with E-state index in [1.165, 1.54) is 12.3 Å². The first-order valence-corrected chi connectivity index (χ1v) is 5.91. The minimum Gasteiger partial charge on any atom is -0.397 e. The van der Waals surface area contributed by atoms with E-state index in [1.54, 1.807) is 25.1 Å². The zero-order valence-electron chi connectivity index (χ0n) is 10.2. The molecule has 0 unspecified atom stereocenters. The van der Waals surface area contributed by atoms with Crippen molar-refractivity contribution in [2.45, 2.75) is 6.92 Å². The molecule has 0 atom stereocenters. The number of nitrogen functional groups attached to an aromatic ring is 1. The number of carbonyl (C=O) groups is 1. The minimum atomic E-state index is -0.555. The van der Waals surface area contributed by atoms with Gasteiger partial charge in [0.05, 0.1) is 16.4 Å². The number of hydrogen-bond acceptors (Lipinski definition) is 3. The summed E-state index contributed by atoms with van der Waals surface area (Å²) in [5, 5.41) is 2.86. The molecule has 4 N–H and O–H groups in total. The first-order valence-electron chi connectivity index (χ1n) is 5.53. The molecular weight excluding hydrogens is 266 g/mol. The van der Waals surface area contributed by atoms with Crippen molar-refractivity contribution < 1.29 is 4.79 Å². The Hall–Kier alpha value is -2.27. The fourth-order valence-corrected chi connectivity index (χ4v) is 1.83. The Morgan fingerprint density at radius 1 is 1.42 bits per heavy atom. The number of carbonyl (C=O) groups excluding carboxylic acids is 1. The number of aromatic nitrogens is 1. The van der Waals surface area contributed by atoms with Crippen LogP contribution in [0.4, 0.5) is 11.4 Å². The number of nitrogens with two attached hydrogens (primary N) is 1.